The van der Waals surface area contributed by atoms with Crippen LogP contribution in [0.5, 0.6) is 0 Å². The Morgan fingerprint density at radius 1 is 0.800 bits per heavy atom. The van der Waals surface area contributed by atoms with E-state index in [1.54, 1.807) is 0 Å². The lowest BCUT2D eigenvalue weighted by atomic mass is 9.58. The van der Waals surface area contributed by atoms with E-state index in [0.29, 0.717) is 10.8 Å². The van der Waals surface area contributed by atoms with Crippen LogP contribution in [0.15, 0.2) is 0 Å². The van der Waals surface area contributed by atoms with Crippen LogP contribution >= 0.6 is 0 Å². The van der Waals surface area contributed by atoms with Crippen LogP contribution in [-0.4, -0.2) is 0 Å². The molecule has 2 aliphatic rings. The minimum absolute atomic E-state index is 0.617. The Bertz CT molecular complexity index is 366. The molecule has 2 aliphatic carbocycles. The summed E-state index contributed by atoms with van der Waals surface area (Å²) in [6.45, 7) is 12.7. The first-order chi connectivity index (χ1) is 11.9. The van der Waals surface area contributed by atoms with E-state index in [-0.39, 0.29) is 0 Å². The van der Waals surface area contributed by atoms with E-state index in [2.05, 4.69) is 34.6 Å². The Morgan fingerprint density at radius 3 is 2.16 bits per heavy atom. The Morgan fingerprint density at radius 2 is 1.48 bits per heavy atom. The van der Waals surface area contributed by atoms with E-state index in [9.17, 15) is 0 Å². The van der Waals surface area contributed by atoms with Gasteiger partial charge in [0.25, 0.3) is 0 Å². The molecule has 0 aromatic carbocycles. The smallest absolute Gasteiger partial charge is 0.0272 e. The maximum absolute atomic E-state index is 2.64. The summed E-state index contributed by atoms with van der Waals surface area (Å²) in [6, 6.07) is 0. The molecule has 25 heavy (non-hydrogen) atoms. The maximum Gasteiger partial charge on any atom is -0.0272 e. The molecule has 2 saturated carbocycles. The molecule has 2 fully saturated rings. The van der Waals surface area contributed by atoms with Crippen LogP contribution < -0.4 is 0 Å². The van der Waals surface area contributed by atoms with Crippen LogP contribution in [0.3, 0.4) is 0 Å². The standard InChI is InChI=1S/C25H48/c1-6-25(7-2,23-15-11-10-14-22(23)4)20-19-24(5)17-12-8-9-13-21(3)16-18-24/h21-23H,6-20H2,1-5H3. The average molecular weight is 349 g/mol. The monoisotopic (exact) mass is 348 g/mol. The van der Waals surface area contributed by atoms with Gasteiger partial charge in [-0.3, -0.25) is 0 Å². The summed E-state index contributed by atoms with van der Waals surface area (Å²) < 4.78 is 0. The highest BCUT2D eigenvalue weighted by Crippen LogP contribution is 2.51. The lowest BCUT2D eigenvalue weighted by molar-refractivity contribution is 0.0341. The lowest BCUT2D eigenvalue weighted by Crippen LogP contribution is -2.37. The summed E-state index contributed by atoms with van der Waals surface area (Å²) >= 11 is 0. The molecule has 0 heteroatoms. The fourth-order valence-corrected chi connectivity index (χ4v) is 6.43. The normalized spacial score (nSPS) is 35.6. The lowest BCUT2D eigenvalue weighted by Gasteiger charge is -2.47. The minimum atomic E-state index is 0.617. The molecular formula is C25H48. The Balaban J connectivity index is 2.04. The van der Waals surface area contributed by atoms with Gasteiger partial charge >= 0.3 is 0 Å². The third-order valence-corrected chi connectivity index (χ3v) is 8.75. The fraction of sp³-hybridized carbons (Fsp3) is 1.00. The summed E-state index contributed by atoms with van der Waals surface area (Å²) in [7, 11) is 0. The second-order valence-corrected chi connectivity index (χ2v) is 10.5. The van der Waals surface area contributed by atoms with Crippen LogP contribution in [0.1, 0.15) is 131 Å². The van der Waals surface area contributed by atoms with E-state index >= 15 is 0 Å². The van der Waals surface area contributed by atoms with Crippen molar-refractivity contribution in [2.45, 2.75) is 131 Å². The Hall–Kier alpha value is 0. The second kappa shape index (κ2) is 9.80. The zero-order valence-corrected chi connectivity index (χ0v) is 18.3. The summed E-state index contributed by atoms with van der Waals surface area (Å²) in [6.07, 6.45) is 22.1. The van der Waals surface area contributed by atoms with E-state index in [4.69, 9.17) is 0 Å². The molecule has 0 radical (unpaired) electrons. The molecule has 0 heterocycles. The van der Waals surface area contributed by atoms with Crippen molar-refractivity contribution in [2.24, 2.45) is 28.6 Å². The van der Waals surface area contributed by atoms with Crippen molar-refractivity contribution in [1.29, 1.82) is 0 Å². The van der Waals surface area contributed by atoms with Crippen molar-refractivity contribution >= 4 is 0 Å². The first kappa shape index (κ1) is 21.3. The maximum atomic E-state index is 2.64. The Kier molecular flexibility index (Phi) is 8.35. The van der Waals surface area contributed by atoms with Gasteiger partial charge in [-0.15, -0.1) is 0 Å². The molecule has 0 aromatic rings. The molecular weight excluding hydrogens is 300 g/mol. The molecule has 0 aliphatic heterocycles. The van der Waals surface area contributed by atoms with Gasteiger partial charge in [-0.1, -0.05) is 98.8 Å². The zero-order valence-electron chi connectivity index (χ0n) is 18.3. The molecule has 148 valence electrons. The van der Waals surface area contributed by atoms with E-state index in [1.807, 2.05) is 0 Å². The molecule has 0 aromatic heterocycles. The van der Waals surface area contributed by atoms with Crippen LogP contribution in [-0.2, 0) is 0 Å². The molecule has 2 rings (SSSR count). The molecule has 0 bridgehead atoms. The van der Waals surface area contributed by atoms with Crippen molar-refractivity contribution in [2.75, 3.05) is 0 Å². The van der Waals surface area contributed by atoms with Gasteiger partial charge in [0.15, 0.2) is 0 Å². The van der Waals surface area contributed by atoms with Crippen LogP contribution in [0.4, 0.5) is 0 Å². The number of hydrogen-bond acceptors (Lipinski definition) is 0. The molecule has 0 saturated heterocycles. The van der Waals surface area contributed by atoms with Crippen molar-refractivity contribution in [1.82, 2.24) is 0 Å². The van der Waals surface area contributed by atoms with Gasteiger partial charge in [0.1, 0.15) is 0 Å². The highest BCUT2D eigenvalue weighted by molar-refractivity contribution is 4.91. The first-order valence-electron chi connectivity index (χ1n) is 11.9. The SMILES string of the molecule is CCC(CC)(CCC1(C)CCCCCC(C)CC1)C1CCCCC1C. The van der Waals surface area contributed by atoms with E-state index < -0.39 is 0 Å². The summed E-state index contributed by atoms with van der Waals surface area (Å²) in [5.41, 5.74) is 1.25. The van der Waals surface area contributed by atoms with Crippen LogP contribution in [0, 0.1) is 28.6 Å². The van der Waals surface area contributed by atoms with Crippen LogP contribution in [0.2, 0.25) is 0 Å². The Labute approximate surface area is 159 Å². The molecule has 0 N–H and O–H groups in total. The molecule has 0 nitrogen and oxygen atoms in total. The third kappa shape index (κ3) is 5.74. The van der Waals surface area contributed by atoms with Crippen molar-refractivity contribution < 1.29 is 0 Å². The summed E-state index contributed by atoms with van der Waals surface area (Å²) in [5, 5.41) is 0. The summed E-state index contributed by atoms with van der Waals surface area (Å²) in [5.74, 6) is 2.91. The molecule has 0 amide bonds. The summed E-state index contributed by atoms with van der Waals surface area (Å²) in [4.78, 5) is 0. The molecule has 0 spiro atoms. The second-order valence-electron chi connectivity index (χ2n) is 10.5. The van der Waals surface area contributed by atoms with Gasteiger partial charge in [-0.25, -0.2) is 0 Å². The third-order valence-electron chi connectivity index (χ3n) is 8.75. The van der Waals surface area contributed by atoms with Crippen LogP contribution in [0.25, 0.3) is 0 Å². The van der Waals surface area contributed by atoms with Crippen molar-refractivity contribution in [3.63, 3.8) is 0 Å². The van der Waals surface area contributed by atoms with Gasteiger partial charge < -0.3 is 0 Å². The average Bonchev–Trinajstić information content (AvgIpc) is 2.70. The number of rotatable bonds is 6. The minimum Gasteiger partial charge on any atom is -0.0648 e. The van der Waals surface area contributed by atoms with Gasteiger partial charge in [-0.05, 0) is 60.7 Å². The predicted octanol–water partition coefficient (Wildman–Crippen LogP) is 8.79. The zero-order chi connectivity index (χ0) is 18.3. The topological polar surface area (TPSA) is 0 Å². The van der Waals surface area contributed by atoms with Crippen molar-refractivity contribution in [3.8, 4) is 0 Å². The predicted molar refractivity (Wildman–Crippen MR) is 113 cm³/mol. The van der Waals surface area contributed by atoms with Gasteiger partial charge in [-0.2, -0.15) is 0 Å². The van der Waals surface area contributed by atoms with Gasteiger partial charge in [0.2, 0.25) is 0 Å². The van der Waals surface area contributed by atoms with E-state index in [0.717, 1.165) is 17.8 Å². The first-order valence-corrected chi connectivity index (χ1v) is 11.9. The van der Waals surface area contributed by atoms with Gasteiger partial charge in [0, 0.05) is 0 Å². The number of hydrogen-bond donors (Lipinski definition) is 0. The largest absolute Gasteiger partial charge is 0.0648 e. The highest BCUT2D eigenvalue weighted by Gasteiger charge is 2.40. The quantitative estimate of drug-likeness (QED) is 0.450. The van der Waals surface area contributed by atoms with Crippen molar-refractivity contribution in [3.05, 3.63) is 0 Å². The van der Waals surface area contributed by atoms with Gasteiger partial charge in [0.05, 0.1) is 0 Å². The fourth-order valence-electron chi connectivity index (χ4n) is 6.43. The molecule has 4 unspecified atom stereocenters. The van der Waals surface area contributed by atoms with E-state index in [1.165, 1.54) is 96.3 Å². The highest BCUT2D eigenvalue weighted by atomic mass is 14.5. The molecule has 4 atom stereocenters.